The van der Waals surface area contributed by atoms with Crippen molar-refractivity contribution < 1.29 is 4.42 Å². The molecule has 0 saturated carbocycles. The van der Waals surface area contributed by atoms with Gasteiger partial charge in [-0.3, -0.25) is 0 Å². The second kappa shape index (κ2) is 7.15. The summed E-state index contributed by atoms with van der Waals surface area (Å²) in [6.45, 7) is 9.25. The van der Waals surface area contributed by atoms with Gasteiger partial charge in [0, 0.05) is 18.3 Å². The summed E-state index contributed by atoms with van der Waals surface area (Å²) >= 11 is 0. The van der Waals surface area contributed by atoms with E-state index < -0.39 is 0 Å². The van der Waals surface area contributed by atoms with Crippen LogP contribution in [0.4, 0.5) is 5.69 Å². The maximum absolute atomic E-state index is 5.43. The molecule has 0 amide bonds. The van der Waals surface area contributed by atoms with E-state index in [0.29, 0.717) is 6.04 Å². The molecule has 0 aliphatic rings. The summed E-state index contributed by atoms with van der Waals surface area (Å²) in [5.74, 6) is 0.997. The fourth-order valence-electron chi connectivity index (χ4n) is 2.37. The Morgan fingerprint density at radius 2 is 1.90 bits per heavy atom. The molecule has 1 unspecified atom stereocenters. The van der Waals surface area contributed by atoms with Crippen molar-refractivity contribution in [1.29, 1.82) is 0 Å². The molecule has 1 heterocycles. The third-order valence-corrected chi connectivity index (χ3v) is 3.58. The van der Waals surface area contributed by atoms with Crippen molar-refractivity contribution in [2.24, 2.45) is 0 Å². The van der Waals surface area contributed by atoms with Crippen LogP contribution in [0.5, 0.6) is 0 Å². The summed E-state index contributed by atoms with van der Waals surface area (Å²) in [7, 11) is 0. The summed E-state index contributed by atoms with van der Waals surface area (Å²) in [5.41, 5.74) is 2.56. The van der Waals surface area contributed by atoms with Gasteiger partial charge in [0.1, 0.15) is 5.76 Å². The first-order valence-corrected chi connectivity index (χ1v) is 7.35. The fraction of sp³-hybridized carbons (Fsp3) is 0.412. The Kier molecular flexibility index (Phi) is 5.24. The van der Waals surface area contributed by atoms with E-state index >= 15 is 0 Å². The number of nitrogens with zero attached hydrogens (tertiary/aromatic N) is 1. The first kappa shape index (κ1) is 14.7. The van der Waals surface area contributed by atoms with Crippen LogP contribution in [-0.4, -0.2) is 13.1 Å². The number of hydrogen-bond acceptors (Lipinski definition) is 3. The minimum atomic E-state index is 0.397. The van der Waals surface area contributed by atoms with Gasteiger partial charge in [-0.1, -0.05) is 19.1 Å². The molecule has 0 saturated heterocycles. The Morgan fingerprint density at radius 3 is 2.45 bits per heavy atom. The van der Waals surface area contributed by atoms with E-state index in [-0.39, 0.29) is 0 Å². The highest BCUT2D eigenvalue weighted by molar-refractivity contribution is 5.48. The molecule has 1 N–H and O–H groups in total. The Labute approximate surface area is 121 Å². The van der Waals surface area contributed by atoms with Gasteiger partial charge in [0.25, 0.3) is 0 Å². The average Bonchev–Trinajstić information content (AvgIpc) is 2.98. The summed E-state index contributed by atoms with van der Waals surface area (Å²) < 4.78 is 5.43. The van der Waals surface area contributed by atoms with Gasteiger partial charge < -0.3 is 14.6 Å². The highest BCUT2D eigenvalue weighted by Gasteiger charge is 2.08. The van der Waals surface area contributed by atoms with Gasteiger partial charge in [-0.15, -0.1) is 0 Å². The largest absolute Gasteiger partial charge is 0.467 e. The maximum Gasteiger partial charge on any atom is 0.123 e. The smallest absolute Gasteiger partial charge is 0.123 e. The van der Waals surface area contributed by atoms with E-state index in [1.807, 2.05) is 12.1 Å². The molecule has 1 aromatic carbocycles. The Balaban J connectivity index is 2.07. The van der Waals surface area contributed by atoms with Crippen LogP contribution in [0.1, 0.15) is 38.1 Å². The SMILES string of the molecule is CCNC(C)c1ccc(N(CC)Cc2ccco2)cc1. The zero-order chi connectivity index (χ0) is 14.4. The zero-order valence-electron chi connectivity index (χ0n) is 12.6. The van der Waals surface area contributed by atoms with Gasteiger partial charge in [0.15, 0.2) is 0 Å². The second-order valence-corrected chi connectivity index (χ2v) is 4.96. The van der Waals surface area contributed by atoms with Crippen LogP contribution >= 0.6 is 0 Å². The van der Waals surface area contributed by atoms with Gasteiger partial charge in [-0.2, -0.15) is 0 Å². The molecule has 3 heteroatoms. The molecular formula is C17H24N2O. The molecule has 2 aromatic rings. The minimum absolute atomic E-state index is 0.397. The molecule has 0 aliphatic carbocycles. The third-order valence-electron chi connectivity index (χ3n) is 3.58. The fourth-order valence-corrected chi connectivity index (χ4v) is 2.37. The van der Waals surface area contributed by atoms with Crippen molar-refractivity contribution >= 4 is 5.69 Å². The highest BCUT2D eigenvalue weighted by Crippen LogP contribution is 2.21. The number of benzene rings is 1. The van der Waals surface area contributed by atoms with Gasteiger partial charge in [-0.05, 0) is 50.2 Å². The van der Waals surface area contributed by atoms with Crippen molar-refractivity contribution in [3.63, 3.8) is 0 Å². The summed E-state index contributed by atoms with van der Waals surface area (Å²) in [6.07, 6.45) is 1.73. The van der Waals surface area contributed by atoms with Crippen LogP contribution < -0.4 is 10.2 Å². The summed E-state index contributed by atoms with van der Waals surface area (Å²) in [6, 6.07) is 13.1. The van der Waals surface area contributed by atoms with Gasteiger partial charge in [0.2, 0.25) is 0 Å². The van der Waals surface area contributed by atoms with Gasteiger partial charge >= 0.3 is 0 Å². The topological polar surface area (TPSA) is 28.4 Å². The van der Waals surface area contributed by atoms with E-state index in [9.17, 15) is 0 Å². The molecule has 0 aliphatic heterocycles. The van der Waals surface area contributed by atoms with Crippen molar-refractivity contribution in [1.82, 2.24) is 5.32 Å². The van der Waals surface area contributed by atoms with Gasteiger partial charge in [-0.25, -0.2) is 0 Å². The van der Waals surface area contributed by atoms with Gasteiger partial charge in [0.05, 0.1) is 12.8 Å². The minimum Gasteiger partial charge on any atom is -0.467 e. The van der Waals surface area contributed by atoms with E-state index in [4.69, 9.17) is 4.42 Å². The van der Waals surface area contributed by atoms with Crippen LogP contribution in [0, 0.1) is 0 Å². The maximum atomic E-state index is 5.43. The molecule has 108 valence electrons. The number of nitrogens with one attached hydrogen (secondary N) is 1. The van der Waals surface area contributed by atoms with Crippen LogP contribution in [0.3, 0.4) is 0 Å². The summed E-state index contributed by atoms with van der Waals surface area (Å²) in [4.78, 5) is 2.31. The lowest BCUT2D eigenvalue weighted by molar-refractivity contribution is 0.503. The van der Waals surface area contributed by atoms with E-state index in [2.05, 4.69) is 55.3 Å². The van der Waals surface area contributed by atoms with Crippen LogP contribution in [0.2, 0.25) is 0 Å². The number of furan rings is 1. The highest BCUT2D eigenvalue weighted by atomic mass is 16.3. The molecule has 1 atom stereocenters. The second-order valence-electron chi connectivity index (χ2n) is 4.96. The van der Waals surface area contributed by atoms with Crippen LogP contribution in [0.15, 0.2) is 47.1 Å². The molecular weight excluding hydrogens is 248 g/mol. The molecule has 0 fully saturated rings. The number of rotatable bonds is 7. The van der Waals surface area contributed by atoms with Crippen LogP contribution in [-0.2, 0) is 6.54 Å². The predicted molar refractivity (Wildman–Crippen MR) is 84.0 cm³/mol. The summed E-state index contributed by atoms with van der Waals surface area (Å²) in [5, 5.41) is 3.43. The standard InChI is InChI=1S/C17H24N2O/c1-4-18-14(3)15-8-10-16(11-9-15)19(5-2)13-17-7-6-12-20-17/h6-12,14,18H,4-5,13H2,1-3H3. The van der Waals surface area contributed by atoms with E-state index in [1.54, 1.807) is 6.26 Å². The molecule has 0 spiro atoms. The molecule has 2 rings (SSSR count). The van der Waals surface area contributed by atoms with Crippen molar-refractivity contribution in [3.05, 3.63) is 54.0 Å². The number of hydrogen-bond donors (Lipinski definition) is 1. The third kappa shape index (κ3) is 3.64. The molecule has 3 nitrogen and oxygen atoms in total. The van der Waals surface area contributed by atoms with E-state index in [0.717, 1.165) is 25.4 Å². The molecule has 0 bridgehead atoms. The quantitative estimate of drug-likeness (QED) is 0.826. The molecule has 0 radical (unpaired) electrons. The first-order chi connectivity index (χ1) is 9.74. The molecule has 20 heavy (non-hydrogen) atoms. The lowest BCUT2D eigenvalue weighted by Gasteiger charge is -2.23. The average molecular weight is 272 g/mol. The first-order valence-electron chi connectivity index (χ1n) is 7.35. The Morgan fingerprint density at radius 1 is 1.15 bits per heavy atom. The Bertz CT molecular complexity index is 490. The normalized spacial score (nSPS) is 12.3. The number of anilines is 1. The molecule has 1 aromatic heterocycles. The van der Waals surface area contributed by atoms with E-state index in [1.165, 1.54) is 11.3 Å². The predicted octanol–water partition coefficient (Wildman–Crippen LogP) is 3.98. The lowest BCUT2D eigenvalue weighted by Crippen LogP contribution is -2.22. The van der Waals surface area contributed by atoms with Crippen LogP contribution in [0.25, 0.3) is 0 Å². The zero-order valence-corrected chi connectivity index (χ0v) is 12.6. The van der Waals surface area contributed by atoms with Crippen molar-refractivity contribution in [3.8, 4) is 0 Å². The monoisotopic (exact) mass is 272 g/mol. The Hall–Kier alpha value is -1.74. The lowest BCUT2D eigenvalue weighted by atomic mass is 10.1. The van der Waals surface area contributed by atoms with Crippen molar-refractivity contribution in [2.75, 3.05) is 18.0 Å². The van der Waals surface area contributed by atoms with Crippen molar-refractivity contribution in [2.45, 2.75) is 33.4 Å².